The van der Waals surface area contributed by atoms with Crippen molar-refractivity contribution in [3.05, 3.63) is 47.7 Å². The number of hydrogen-bond acceptors (Lipinski definition) is 4. The first-order valence-corrected chi connectivity index (χ1v) is 9.34. The van der Waals surface area contributed by atoms with E-state index in [1.807, 2.05) is 20.8 Å². The van der Waals surface area contributed by atoms with Crippen LogP contribution in [0.1, 0.15) is 50.3 Å². The van der Waals surface area contributed by atoms with Crippen molar-refractivity contribution in [2.24, 2.45) is 4.99 Å². The summed E-state index contributed by atoms with van der Waals surface area (Å²) in [6.07, 6.45) is -2.32. The fraction of sp³-hybridized carbons (Fsp3) is 0.500. The molecule has 29 heavy (non-hydrogen) atoms. The second-order valence-corrected chi connectivity index (χ2v) is 7.97. The second-order valence-electron chi connectivity index (χ2n) is 7.97. The van der Waals surface area contributed by atoms with Gasteiger partial charge >= 0.3 is 6.36 Å². The lowest BCUT2D eigenvalue weighted by Crippen LogP contribution is -2.38. The van der Waals surface area contributed by atoms with Gasteiger partial charge in [0.15, 0.2) is 5.96 Å². The normalized spacial score (nSPS) is 19.8. The highest BCUT2D eigenvalue weighted by Crippen LogP contribution is 2.45. The molecule has 0 radical (unpaired) electrons. The Labute approximate surface area is 167 Å². The summed E-state index contributed by atoms with van der Waals surface area (Å²) >= 11 is 0. The maximum absolute atomic E-state index is 12.6. The van der Waals surface area contributed by atoms with Gasteiger partial charge in [0.05, 0.1) is 12.7 Å². The lowest BCUT2D eigenvalue weighted by Gasteiger charge is -2.14. The highest BCUT2D eigenvalue weighted by molar-refractivity contribution is 5.80. The smallest absolute Gasteiger partial charge is 0.443 e. The van der Waals surface area contributed by atoms with Gasteiger partial charge in [-0.25, -0.2) is 4.98 Å². The molecule has 1 heterocycles. The van der Waals surface area contributed by atoms with Crippen molar-refractivity contribution in [3.8, 4) is 5.75 Å². The van der Waals surface area contributed by atoms with Crippen molar-refractivity contribution in [3.63, 3.8) is 0 Å². The SMILES string of the molecule is CN=C(NCc1ncc(C(C)(C)C)o1)NC1CC1c1ccccc1OC(F)(F)F. The van der Waals surface area contributed by atoms with Gasteiger partial charge in [-0.2, -0.15) is 0 Å². The molecular weight excluding hydrogens is 385 g/mol. The van der Waals surface area contributed by atoms with Crippen LogP contribution in [0, 0.1) is 0 Å². The number of nitrogens with zero attached hydrogens (tertiary/aromatic N) is 2. The predicted octanol–water partition coefficient (Wildman–Crippen LogP) is 4.09. The van der Waals surface area contributed by atoms with Crippen LogP contribution in [0.5, 0.6) is 5.75 Å². The van der Waals surface area contributed by atoms with Gasteiger partial charge in [0.25, 0.3) is 0 Å². The molecule has 1 fully saturated rings. The van der Waals surface area contributed by atoms with E-state index >= 15 is 0 Å². The Hall–Kier alpha value is -2.71. The number of rotatable bonds is 5. The standard InChI is InChI=1S/C20H25F3N4O2/c1-19(2,3)16-10-25-17(28-16)11-26-18(24-4)27-14-9-13(14)12-7-5-6-8-15(12)29-20(21,22)23/h5-8,10,13-14H,9,11H2,1-4H3,(H2,24,26,27). The molecule has 0 spiro atoms. The Kier molecular flexibility index (Phi) is 5.77. The van der Waals surface area contributed by atoms with Crippen molar-refractivity contribution in [2.45, 2.75) is 57.5 Å². The lowest BCUT2D eigenvalue weighted by molar-refractivity contribution is -0.274. The Morgan fingerprint density at radius 3 is 2.62 bits per heavy atom. The predicted molar refractivity (Wildman–Crippen MR) is 103 cm³/mol. The van der Waals surface area contributed by atoms with E-state index in [1.54, 1.807) is 25.4 Å². The summed E-state index contributed by atoms with van der Waals surface area (Å²) in [6, 6.07) is 6.19. The van der Waals surface area contributed by atoms with E-state index in [0.29, 0.717) is 30.4 Å². The minimum absolute atomic E-state index is 0.0334. The average molecular weight is 410 g/mol. The number of alkyl halides is 3. The van der Waals surface area contributed by atoms with E-state index in [-0.39, 0.29) is 23.1 Å². The Balaban J connectivity index is 1.57. The van der Waals surface area contributed by atoms with Crippen molar-refractivity contribution in [1.29, 1.82) is 0 Å². The molecule has 1 saturated carbocycles. The number of halogens is 3. The summed E-state index contributed by atoms with van der Waals surface area (Å²) < 4.78 is 47.8. The minimum Gasteiger partial charge on any atom is -0.443 e. The van der Waals surface area contributed by atoms with E-state index < -0.39 is 6.36 Å². The quantitative estimate of drug-likeness (QED) is 0.574. The van der Waals surface area contributed by atoms with Gasteiger partial charge in [0.2, 0.25) is 5.89 Å². The molecule has 0 amide bonds. The summed E-state index contributed by atoms with van der Waals surface area (Å²) in [4.78, 5) is 8.42. The van der Waals surface area contributed by atoms with E-state index in [9.17, 15) is 13.2 Å². The third-order valence-electron chi connectivity index (χ3n) is 4.58. The van der Waals surface area contributed by atoms with E-state index in [2.05, 4.69) is 25.3 Å². The molecule has 2 aromatic rings. The first-order chi connectivity index (χ1) is 13.6. The third kappa shape index (κ3) is 5.65. The van der Waals surface area contributed by atoms with Crippen molar-refractivity contribution in [2.75, 3.05) is 7.05 Å². The largest absolute Gasteiger partial charge is 0.573 e. The number of aliphatic imine (C=N–C) groups is 1. The molecule has 0 aliphatic heterocycles. The van der Waals surface area contributed by atoms with E-state index in [0.717, 1.165) is 5.76 Å². The zero-order chi connectivity index (χ0) is 21.2. The fourth-order valence-electron chi connectivity index (χ4n) is 2.97. The molecular formula is C20H25F3N4O2. The first-order valence-electron chi connectivity index (χ1n) is 9.34. The molecule has 0 saturated heterocycles. The van der Waals surface area contributed by atoms with Crippen LogP contribution >= 0.6 is 0 Å². The molecule has 3 rings (SSSR count). The van der Waals surface area contributed by atoms with Gasteiger partial charge in [0.1, 0.15) is 11.5 Å². The van der Waals surface area contributed by atoms with Crippen LogP contribution in [0.2, 0.25) is 0 Å². The number of benzene rings is 1. The van der Waals surface area contributed by atoms with E-state index in [1.165, 1.54) is 12.1 Å². The molecule has 1 aromatic carbocycles. The Bertz CT molecular complexity index is 871. The van der Waals surface area contributed by atoms with Crippen molar-refractivity contribution in [1.82, 2.24) is 15.6 Å². The van der Waals surface area contributed by atoms with Gasteiger partial charge in [-0.15, -0.1) is 13.2 Å². The maximum atomic E-state index is 12.6. The lowest BCUT2D eigenvalue weighted by atomic mass is 9.94. The van der Waals surface area contributed by atoms with Gasteiger partial charge in [-0.05, 0) is 18.1 Å². The zero-order valence-electron chi connectivity index (χ0n) is 16.8. The molecule has 6 nitrogen and oxygen atoms in total. The number of hydrogen-bond donors (Lipinski definition) is 2. The molecule has 1 aliphatic carbocycles. The monoisotopic (exact) mass is 410 g/mol. The van der Waals surface area contributed by atoms with Crippen LogP contribution in [-0.2, 0) is 12.0 Å². The highest BCUT2D eigenvalue weighted by atomic mass is 19.4. The van der Waals surface area contributed by atoms with Crippen LogP contribution in [0.4, 0.5) is 13.2 Å². The number of oxazole rings is 1. The summed E-state index contributed by atoms with van der Waals surface area (Å²) in [6.45, 7) is 6.47. The minimum atomic E-state index is -4.71. The molecule has 9 heteroatoms. The number of ether oxygens (including phenoxy) is 1. The zero-order valence-corrected chi connectivity index (χ0v) is 16.8. The van der Waals surface area contributed by atoms with Gasteiger partial charge in [-0.3, -0.25) is 4.99 Å². The number of guanidine groups is 1. The van der Waals surface area contributed by atoms with Gasteiger partial charge in [0, 0.05) is 24.4 Å². The molecule has 1 aliphatic rings. The second kappa shape index (κ2) is 7.96. The summed E-state index contributed by atoms with van der Waals surface area (Å²) in [5.74, 6) is 1.62. The summed E-state index contributed by atoms with van der Waals surface area (Å²) in [7, 11) is 1.63. The van der Waals surface area contributed by atoms with Crippen molar-refractivity contribution >= 4 is 5.96 Å². The van der Waals surface area contributed by atoms with Crippen LogP contribution in [0.15, 0.2) is 39.9 Å². The van der Waals surface area contributed by atoms with Crippen LogP contribution in [0.3, 0.4) is 0 Å². The number of aromatic nitrogens is 1. The molecule has 158 valence electrons. The fourth-order valence-corrected chi connectivity index (χ4v) is 2.97. The average Bonchev–Trinajstić information content (AvgIpc) is 3.19. The van der Waals surface area contributed by atoms with E-state index in [4.69, 9.17) is 4.42 Å². The van der Waals surface area contributed by atoms with Crippen molar-refractivity contribution < 1.29 is 22.3 Å². The number of para-hydroxylation sites is 1. The molecule has 1 aromatic heterocycles. The van der Waals surface area contributed by atoms with Crippen LogP contribution in [-0.4, -0.2) is 30.4 Å². The molecule has 0 bridgehead atoms. The summed E-state index contributed by atoms with van der Waals surface area (Å²) in [5.41, 5.74) is 0.401. The Morgan fingerprint density at radius 1 is 1.28 bits per heavy atom. The van der Waals surface area contributed by atoms with Crippen LogP contribution in [0.25, 0.3) is 0 Å². The third-order valence-corrected chi connectivity index (χ3v) is 4.58. The van der Waals surface area contributed by atoms with Gasteiger partial charge in [-0.1, -0.05) is 39.0 Å². The molecule has 2 N–H and O–H groups in total. The van der Waals surface area contributed by atoms with Crippen LogP contribution < -0.4 is 15.4 Å². The van der Waals surface area contributed by atoms with Gasteiger partial charge < -0.3 is 19.8 Å². The summed E-state index contributed by atoms with van der Waals surface area (Å²) in [5, 5.41) is 6.34. The molecule has 2 unspecified atom stereocenters. The topological polar surface area (TPSA) is 71.7 Å². The first kappa shape index (κ1) is 21.0. The highest BCUT2D eigenvalue weighted by Gasteiger charge is 2.42. The number of nitrogens with one attached hydrogen (secondary N) is 2. The molecule has 2 atom stereocenters. The Morgan fingerprint density at radius 2 is 2.00 bits per heavy atom. The maximum Gasteiger partial charge on any atom is 0.573 e.